The van der Waals surface area contributed by atoms with Crippen molar-refractivity contribution in [2.45, 2.75) is 26.7 Å². The third kappa shape index (κ3) is 2.86. The van der Waals surface area contributed by atoms with E-state index in [4.69, 9.17) is 11.1 Å². The van der Waals surface area contributed by atoms with E-state index in [1.165, 1.54) is 0 Å². The van der Waals surface area contributed by atoms with Crippen LogP contribution >= 0.6 is 0 Å². The maximum absolute atomic E-state index is 7.93. The Morgan fingerprint density at radius 3 is 2.33 bits per heavy atom. The first-order chi connectivity index (χ1) is 10.1. The summed E-state index contributed by atoms with van der Waals surface area (Å²) in [6.45, 7) is 4.09. The first-order valence-electron chi connectivity index (χ1n) is 7.11. The predicted molar refractivity (Wildman–Crippen MR) is 86.3 cm³/mol. The number of anilines is 2. The van der Waals surface area contributed by atoms with Gasteiger partial charge in [0.1, 0.15) is 5.84 Å². The normalized spacial score (nSPS) is 10.4. The van der Waals surface area contributed by atoms with Gasteiger partial charge in [-0.1, -0.05) is 32.0 Å². The van der Waals surface area contributed by atoms with Crippen LogP contribution in [0.2, 0.25) is 0 Å². The molecule has 0 amide bonds. The van der Waals surface area contributed by atoms with Gasteiger partial charge in [0.15, 0.2) is 5.82 Å². The minimum absolute atomic E-state index is 0.0363. The maximum atomic E-state index is 7.93. The maximum Gasteiger partial charge on any atom is 0.166 e. The summed E-state index contributed by atoms with van der Waals surface area (Å²) in [4.78, 5) is 1.92. The SMILES string of the molecule is CCc1nnc(N(C)c2ccccc2)c(C(=N)N)c1CC. The summed E-state index contributed by atoms with van der Waals surface area (Å²) in [5.74, 6) is 0.664. The third-order valence-corrected chi connectivity index (χ3v) is 3.56. The Labute approximate surface area is 125 Å². The Bertz CT molecular complexity index is 637. The van der Waals surface area contributed by atoms with Crippen molar-refractivity contribution < 1.29 is 0 Å². The van der Waals surface area contributed by atoms with Crippen molar-refractivity contribution in [3.63, 3.8) is 0 Å². The highest BCUT2D eigenvalue weighted by Gasteiger charge is 2.20. The second-order valence-electron chi connectivity index (χ2n) is 4.84. The van der Waals surface area contributed by atoms with E-state index in [2.05, 4.69) is 17.1 Å². The van der Waals surface area contributed by atoms with Crippen molar-refractivity contribution in [3.05, 3.63) is 47.2 Å². The average Bonchev–Trinajstić information content (AvgIpc) is 2.53. The largest absolute Gasteiger partial charge is 0.384 e. The zero-order valence-corrected chi connectivity index (χ0v) is 12.7. The highest BCUT2D eigenvalue weighted by atomic mass is 15.3. The third-order valence-electron chi connectivity index (χ3n) is 3.56. The smallest absolute Gasteiger partial charge is 0.166 e. The number of benzene rings is 1. The van der Waals surface area contributed by atoms with E-state index in [0.29, 0.717) is 11.4 Å². The minimum atomic E-state index is 0.0363. The molecule has 1 aromatic heterocycles. The molecule has 110 valence electrons. The molecule has 0 spiro atoms. The highest BCUT2D eigenvalue weighted by molar-refractivity contribution is 6.01. The van der Waals surface area contributed by atoms with Crippen molar-refractivity contribution in [2.75, 3.05) is 11.9 Å². The number of nitrogen functional groups attached to an aromatic ring is 1. The van der Waals surface area contributed by atoms with Gasteiger partial charge >= 0.3 is 0 Å². The molecule has 5 heteroatoms. The Balaban J connectivity index is 2.61. The number of rotatable bonds is 5. The van der Waals surface area contributed by atoms with Crippen LogP contribution in [0, 0.1) is 5.41 Å². The van der Waals surface area contributed by atoms with Crippen molar-refractivity contribution >= 4 is 17.3 Å². The minimum Gasteiger partial charge on any atom is -0.384 e. The predicted octanol–water partition coefficient (Wildman–Crippen LogP) is 2.65. The van der Waals surface area contributed by atoms with Gasteiger partial charge in [0.2, 0.25) is 0 Å². The van der Waals surface area contributed by atoms with Crippen LogP contribution in [0.25, 0.3) is 0 Å². The molecule has 21 heavy (non-hydrogen) atoms. The summed E-state index contributed by atoms with van der Waals surface area (Å²) < 4.78 is 0. The summed E-state index contributed by atoms with van der Waals surface area (Å²) in [6.07, 6.45) is 1.56. The van der Waals surface area contributed by atoms with Gasteiger partial charge in [0, 0.05) is 12.7 Å². The molecule has 1 heterocycles. The zero-order valence-electron chi connectivity index (χ0n) is 12.7. The van der Waals surface area contributed by atoms with Gasteiger partial charge in [-0.15, -0.1) is 5.10 Å². The van der Waals surface area contributed by atoms with Crippen molar-refractivity contribution in [1.82, 2.24) is 10.2 Å². The van der Waals surface area contributed by atoms with E-state index in [1.54, 1.807) is 0 Å². The van der Waals surface area contributed by atoms with E-state index < -0.39 is 0 Å². The molecule has 5 nitrogen and oxygen atoms in total. The average molecular weight is 283 g/mol. The molecule has 2 rings (SSSR count). The summed E-state index contributed by atoms with van der Waals surface area (Å²) in [5, 5.41) is 16.6. The van der Waals surface area contributed by atoms with Gasteiger partial charge in [0.05, 0.1) is 11.3 Å². The monoisotopic (exact) mass is 283 g/mol. The lowest BCUT2D eigenvalue weighted by Crippen LogP contribution is -2.23. The summed E-state index contributed by atoms with van der Waals surface area (Å²) in [5.41, 5.74) is 9.42. The molecule has 0 atom stereocenters. The molecule has 0 aliphatic heterocycles. The van der Waals surface area contributed by atoms with Crippen molar-refractivity contribution in [2.24, 2.45) is 5.73 Å². The number of hydrogen-bond donors (Lipinski definition) is 2. The number of aromatic nitrogens is 2. The number of para-hydroxylation sites is 1. The molecule has 0 bridgehead atoms. The molecule has 0 fully saturated rings. The Hall–Kier alpha value is -2.43. The summed E-state index contributed by atoms with van der Waals surface area (Å²) in [7, 11) is 1.91. The first kappa shape index (κ1) is 15.0. The Kier molecular flexibility index (Phi) is 4.52. The lowest BCUT2D eigenvalue weighted by molar-refractivity contribution is 0.863. The molecule has 0 radical (unpaired) electrons. The summed E-state index contributed by atoms with van der Waals surface area (Å²) >= 11 is 0. The first-order valence-corrected chi connectivity index (χ1v) is 7.11. The lowest BCUT2D eigenvalue weighted by atomic mass is 10.0. The molecule has 0 saturated carbocycles. The van der Waals surface area contributed by atoms with Crippen LogP contribution in [0.15, 0.2) is 30.3 Å². The van der Waals surface area contributed by atoms with Crippen LogP contribution in [0.3, 0.4) is 0 Å². The molecule has 1 aromatic carbocycles. The molecule has 0 aliphatic carbocycles. The Morgan fingerprint density at radius 2 is 1.81 bits per heavy atom. The van der Waals surface area contributed by atoms with E-state index in [9.17, 15) is 0 Å². The van der Waals surface area contributed by atoms with Gasteiger partial charge in [-0.3, -0.25) is 5.41 Å². The van der Waals surface area contributed by atoms with Crippen LogP contribution in [0.4, 0.5) is 11.5 Å². The number of hydrogen-bond acceptors (Lipinski definition) is 4. The van der Waals surface area contributed by atoms with Crippen molar-refractivity contribution in [3.8, 4) is 0 Å². The number of nitrogens with one attached hydrogen (secondary N) is 1. The van der Waals surface area contributed by atoms with Crippen molar-refractivity contribution in [1.29, 1.82) is 5.41 Å². The molecule has 3 N–H and O–H groups in total. The van der Waals surface area contributed by atoms with Crippen LogP contribution in [0.5, 0.6) is 0 Å². The zero-order chi connectivity index (χ0) is 15.4. The fraction of sp³-hybridized carbons (Fsp3) is 0.312. The molecular formula is C16H21N5. The second-order valence-corrected chi connectivity index (χ2v) is 4.84. The topological polar surface area (TPSA) is 78.9 Å². The number of aryl methyl sites for hydroxylation is 1. The Morgan fingerprint density at radius 1 is 1.14 bits per heavy atom. The number of amidine groups is 1. The fourth-order valence-electron chi connectivity index (χ4n) is 2.45. The van der Waals surface area contributed by atoms with E-state index in [1.807, 2.05) is 49.2 Å². The van der Waals surface area contributed by atoms with Gasteiger partial charge in [-0.05, 0) is 30.5 Å². The van der Waals surface area contributed by atoms with E-state index in [-0.39, 0.29) is 5.84 Å². The number of nitrogens with two attached hydrogens (primary N) is 1. The molecule has 0 aliphatic rings. The molecular weight excluding hydrogens is 262 g/mol. The summed E-state index contributed by atoms with van der Waals surface area (Å²) in [6, 6.07) is 9.88. The van der Waals surface area contributed by atoms with Crippen LogP contribution in [-0.4, -0.2) is 23.1 Å². The molecule has 2 aromatic rings. The van der Waals surface area contributed by atoms with Gasteiger partial charge in [0.25, 0.3) is 0 Å². The van der Waals surface area contributed by atoms with E-state index >= 15 is 0 Å². The van der Waals surface area contributed by atoms with Gasteiger partial charge in [-0.2, -0.15) is 5.10 Å². The standard InChI is InChI=1S/C16H21N5/c1-4-12-13(5-2)19-20-16(14(12)15(17)18)21(3)11-9-7-6-8-10-11/h6-10H,4-5H2,1-3H3,(H3,17,18). The quantitative estimate of drug-likeness (QED) is 0.653. The fourth-order valence-corrected chi connectivity index (χ4v) is 2.45. The number of nitrogens with zero attached hydrogens (tertiary/aromatic N) is 3. The van der Waals surface area contributed by atoms with Crippen LogP contribution < -0.4 is 10.6 Å². The van der Waals surface area contributed by atoms with Gasteiger partial charge in [-0.25, -0.2) is 0 Å². The van der Waals surface area contributed by atoms with E-state index in [0.717, 1.165) is 29.8 Å². The second kappa shape index (κ2) is 6.35. The lowest BCUT2D eigenvalue weighted by Gasteiger charge is -2.23. The highest BCUT2D eigenvalue weighted by Crippen LogP contribution is 2.27. The molecule has 0 saturated heterocycles. The van der Waals surface area contributed by atoms with Crippen LogP contribution in [0.1, 0.15) is 30.7 Å². The van der Waals surface area contributed by atoms with Crippen LogP contribution in [-0.2, 0) is 12.8 Å². The molecule has 0 unspecified atom stereocenters. The van der Waals surface area contributed by atoms with Gasteiger partial charge < -0.3 is 10.6 Å².